The monoisotopic (exact) mass is 602 g/mol. The zero-order valence-electron chi connectivity index (χ0n) is 24.6. The highest BCUT2D eigenvalue weighted by molar-refractivity contribution is 5.87. The van der Waals surface area contributed by atoms with Crippen LogP contribution in [0.1, 0.15) is 41.0 Å². The molecule has 0 saturated carbocycles. The third-order valence-electron chi connectivity index (χ3n) is 7.55. The number of primary amides is 1. The molecule has 2 amide bonds. The minimum Gasteiger partial charge on any atom is -0.459 e. The summed E-state index contributed by atoms with van der Waals surface area (Å²) in [4.78, 5) is 41.1. The largest absolute Gasteiger partial charge is 0.459 e. The predicted octanol–water partition coefficient (Wildman–Crippen LogP) is 6.19. The van der Waals surface area contributed by atoms with Gasteiger partial charge in [-0.25, -0.2) is 14.4 Å². The van der Waals surface area contributed by atoms with Crippen LogP contribution in [0.4, 0.5) is 4.79 Å². The van der Waals surface area contributed by atoms with Crippen LogP contribution in [0.25, 0.3) is 21.9 Å². The number of benzene rings is 5. The summed E-state index contributed by atoms with van der Waals surface area (Å²) >= 11 is 0. The van der Waals surface area contributed by atoms with Crippen molar-refractivity contribution in [1.82, 2.24) is 5.48 Å². The SMILES string of the molecule is NC(=O)NOC(=O)CC(CC(O)C(=O)OCc1cccc(Cc2ccccc2)c1)c1ccc(-c2ccc3ccccc3c2)cc1. The molecule has 0 aliphatic rings. The Kier molecular flexibility index (Phi) is 10.2. The van der Waals surface area contributed by atoms with Gasteiger partial charge < -0.3 is 20.4 Å². The van der Waals surface area contributed by atoms with Crippen molar-refractivity contribution in [2.45, 2.75) is 37.9 Å². The zero-order valence-corrected chi connectivity index (χ0v) is 24.6. The van der Waals surface area contributed by atoms with Gasteiger partial charge in [0.25, 0.3) is 0 Å². The lowest BCUT2D eigenvalue weighted by atomic mass is 9.89. The van der Waals surface area contributed by atoms with Crippen LogP contribution in [-0.2, 0) is 32.2 Å². The van der Waals surface area contributed by atoms with Crippen LogP contribution in [0.2, 0.25) is 0 Å². The number of nitrogens with two attached hydrogens (primary N) is 1. The maximum atomic E-state index is 12.8. The highest BCUT2D eigenvalue weighted by atomic mass is 16.7. The van der Waals surface area contributed by atoms with Gasteiger partial charge in [-0.05, 0) is 69.0 Å². The number of urea groups is 1. The van der Waals surface area contributed by atoms with E-state index < -0.39 is 30.0 Å². The van der Waals surface area contributed by atoms with Gasteiger partial charge in [0, 0.05) is 0 Å². The number of nitrogens with one attached hydrogen (secondary N) is 1. The molecule has 228 valence electrons. The number of aliphatic hydroxyl groups is 1. The van der Waals surface area contributed by atoms with Gasteiger partial charge in [-0.3, -0.25) is 0 Å². The molecule has 8 nitrogen and oxygen atoms in total. The van der Waals surface area contributed by atoms with Crippen molar-refractivity contribution in [1.29, 1.82) is 0 Å². The van der Waals surface area contributed by atoms with Gasteiger partial charge in [0.05, 0.1) is 6.42 Å². The molecule has 0 radical (unpaired) electrons. The van der Waals surface area contributed by atoms with E-state index in [0.717, 1.165) is 39.4 Å². The third kappa shape index (κ3) is 8.78. The van der Waals surface area contributed by atoms with Crippen molar-refractivity contribution < 1.29 is 29.1 Å². The van der Waals surface area contributed by atoms with E-state index in [1.165, 1.54) is 5.56 Å². The number of carbonyl (C=O) groups is 3. The number of aliphatic hydroxyl groups excluding tert-OH is 1. The van der Waals surface area contributed by atoms with Crippen LogP contribution in [0.3, 0.4) is 0 Å². The maximum Gasteiger partial charge on any atom is 0.345 e. The number of hydrogen-bond donors (Lipinski definition) is 3. The van der Waals surface area contributed by atoms with Crippen molar-refractivity contribution in [3.05, 3.63) is 144 Å². The van der Waals surface area contributed by atoms with Crippen LogP contribution in [0.5, 0.6) is 0 Å². The molecule has 0 fully saturated rings. The number of rotatable bonds is 11. The summed E-state index contributed by atoms with van der Waals surface area (Å²) < 4.78 is 5.45. The lowest BCUT2D eigenvalue weighted by Gasteiger charge is -2.20. The van der Waals surface area contributed by atoms with Crippen molar-refractivity contribution in [2.24, 2.45) is 5.73 Å². The Hall–Kier alpha value is -5.47. The Morgan fingerprint density at radius 3 is 2.13 bits per heavy atom. The Labute approximate surface area is 261 Å². The number of ether oxygens (including phenoxy) is 1. The molecule has 0 aromatic heterocycles. The second-order valence-electron chi connectivity index (χ2n) is 10.9. The Morgan fingerprint density at radius 1 is 0.711 bits per heavy atom. The molecular weight excluding hydrogens is 568 g/mol. The summed E-state index contributed by atoms with van der Waals surface area (Å²) in [7, 11) is 0. The topological polar surface area (TPSA) is 128 Å². The first-order chi connectivity index (χ1) is 21.8. The van der Waals surface area contributed by atoms with Gasteiger partial charge in [0.2, 0.25) is 0 Å². The summed E-state index contributed by atoms with van der Waals surface area (Å²) in [5.74, 6) is -2.19. The van der Waals surface area contributed by atoms with E-state index in [2.05, 4.69) is 36.4 Å². The van der Waals surface area contributed by atoms with E-state index in [1.54, 1.807) is 0 Å². The lowest BCUT2D eigenvalue weighted by Crippen LogP contribution is -2.33. The van der Waals surface area contributed by atoms with Gasteiger partial charge in [0.1, 0.15) is 6.61 Å². The minimum atomic E-state index is -1.50. The summed E-state index contributed by atoms with van der Waals surface area (Å²) in [6.45, 7) is -0.00574. The molecule has 8 heteroatoms. The molecule has 2 unspecified atom stereocenters. The van der Waals surface area contributed by atoms with Gasteiger partial charge in [-0.15, -0.1) is 0 Å². The van der Waals surface area contributed by atoms with Crippen molar-refractivity contribution >= 4 is 28.7 Å². The zero-order chi connectivity index (χ0) is 31.6. The first-order valence-electron chi connectivity index (χ1n) is 14.6. The maximum absolute atomic E-state index is 12.8. The smallest absolute Gasteiger partial charge is 0.345 e. The molecule has 0 spiro atoms. The number of carbonyl (C=O) groups excluding carboxylic acids is 3. The molecule has 5 rings (SSSR count). The lowest BCUT2D eigenvalue weighted by molar-refractivity contribution is -0.156. The standard InChI is InChI=1S/C37H34N2O6/c38-37(43)39-45-35(41)23-33(30-15-13-29(14-16-30)32-18-17-28-11-4-5-12-31(28)21-32)22-34(40)36(42)44-24-27-10-6-9-26(20-27)19-25-7-2-1-3-8-25/h1-18,20-21,33-34,40H,19,22-24H2,(H3,38,39,43). The number of amides is 2. The fraction of sp³-hybridized carbons (Fsp3) is 0.162. The molecule has 2 atom stereocenters. The second kappa shape index (κ2) is 14.8. The van der Waals surface area contributed by atoms with E-state index in [9.17, 15) is 19.5 Å². The van der Waals surface area contributed by atoms with Gasteiger partial charge in [0.15, 0.2) is 6.10 Å². The minimum absolute atomic E-state index is 0.00574. The highest BCUT2D eigenvalue weighted by Gasteiger charge is 2.26. The van der Waals surface area contributed by atoms with Crippen LogP contribution >= 0.6 is 0 Å². The van der Waals surface area contributed by atoms with E-state index in [4.69, 9.17) is 15.3 Å². The molecule has 45 heavy (non-hydrogen) atoms. The average molecular weight is 603 g/mol. The van der Waals surface area contributed by atoms with E-state index >= 15 is 0 Å². The molecule has 4 N–H and O–H groups in total. The molecule has 0 aliphatic carbocycles. The molecule has 0 bridgehead atoms. The van der Waals surface area contributed by atoms with Crippen molar-refractivity contribution in [3.63, 3.8) is 0 Å². The van der Waals surface area contributed by atoms with Crippen LogP contribution in [0, 0.1) is 0 Å². The summed E-state index contributed by atoms with van der Waals surface area (Å²) in [6, 6.07) is 38.6. The fourth-order valence-electron chi connectivity index (χ4n) is 5.28. The van der Waals surface area contributed by atoms with E-state index in [-0.39, 0.29) is 19.4 Å². The fourth-order valence-corrected chi connectivity index (χ4v) is 5.28. The Morgan fingerprint density at radius 2 is 1.38 bits per heavy atom. The molecule has 0 aliphatic heterocycles. The number of esters is 1. The predicted molar refractivity (Wildman–Crippen MR) is 172 cm³/mol. The first kappa shape index (κ1) is 31.0. The molecule has 0 saturated heterocycles. The van der Waals surface area contributed by atoms with Crippen molar-refractivity contribution in [2.75, 3.05) is 0 Å². The number of fused-ring (bicyclic) bond motifs is 1. The Balaban J connectivity index is 1.25. The van der Waals surface area contributed by atoms with Gasteiger partial charge in [-0.2, -0.15) is 5.48 Å². The van der Waals surface area contributed by atoms with Gasteiger partial charge in [-0.1, -0.05) is 115 Å². The quantitative estimate of drug-likeness (QED) is 0.122. The number of hydroxylamine groups is 1. The summed E-state index contributed by atoms with van der Waals surface area (Å²) in [6.07, 6.45) is -1.08. The van der Waals surface area contributed by atoms with Crippen LogP contribution in [-0.4, -0.2) is 29.2 Å². The third-order valence-corrected chi connectivity index (χ3v) is 7.55. The van der Waals surface area contributed by atoms with Crippen LogP contribution in [0.15, 0.2) is 121 Å². The average Bonchev–Trinajstić information content (AvgIpc) is 3.06. The molecule has 0 heterocycles. The molecular formula is C37H34N2O6. The van der Waals surface area contributed by atoms with Crippen molar-refractivity contribution in [3.8, 4) is 11.1 Å². The second-order valence-corrected chi connectivity index (χ2v) is 10.9. The van der Waals surface area contributed by atoms with E-state index in [1.807, 2.05) is 90.4 Å². The first-order valence-corrected chi connectivity index (χ1v) is 14.6. The summed E-state index contributed by atoms with van der Waals surface area (Å²) in [5, 5.41) is 13.1. The van der Waals surface area contributed by atoms with E-state index in [0.29, 0.717) is 5.56 Å². The van der Waals surface area contributed by atoms with Gasteiger partial charge >= 0.3 is 18.0 Å². The molecule has 5 aromatic rings. The van der Waals surface area contributed by atoms with Crippen LogP contribution < -0.4 is 11.2 Å². The Bertz CT molecular complexity index is 1770. The summed E-state index contributed by atoms with van der Waals surface area (Å²) in [5.41, 5.74) is 12.6. The number of hydrogen-bond acceptors (Lipinski definition) is 6. The normalized spacial score (nSPS) is 12.2. The molecule has 5 aromatic carbocycles. The highest BCUT2D eigenvalue weighted by Crippen LogP contribution is 2.30.